The van der Waals surface area contributed by atoms with Crippen LogP contribution in [0, 0.1) is 0 Å². The Kier molecular flexibility index (Phi) is 5.99. The van der Waals surface area contributed by atoms with Gasteiger partial charge in [-0.15, -0.1) is 0 Å². The van der Waals surface area contributed by atoms with Crippen LogP contribution in [0.2, 0.25) is 0 Å². The molecule has 6 nitrogen and oxygen atoms in total. The number of para-hydroxylation sites is 1. The Morgan fingerprint density at radius 2 is 1.93 bits per heavy atom. The minimum atomic E-state index is -0.861. The fourth-order valence-corrected chi connectivity index (χ4v) is 2.83. The maximum absolute atomic E-state index is 12.8. The monoisotopic (exact) mass is 382 g/mol. The van der Waals surface area contributed by atoms with Crippen molar-refractivity contribution in [1.82, 2.24) is 0 Å². The van der Waals surface area contributed by atoms with Crippen LogP contribution in [0.5, 0.6) is 17.2 Å². The topological polar surface area (TPSA) is 86.0 Å². The second kappa shape index (κ2) is 8.61. The molecule has 0 radical (unpaired) electrons. The van der Waals surface area contributed by atoms with Crippen LogP contribution in [0.3, 0.4) is 0 Å². The van der Waals surface area contributed by atoms with Crippen molar-refractivity contribution < 1.29 is 23.8 Å². The van der Waals surface area contributed by atoms with E-state index >= 15 is 0 Å². The van der Waals surface area contributed by atoms with E-state index < -0.39 is 5.97 Å². The zero-order valence-corrected chi connectivity index (χ0v) is 15.8. The molecule has 0 aliphatic heterocycles. The molecule has 0 saturated carbocycles. The SMILES string of the molecule is CC(C)c1ccccc1Oc1coc2cc(OCCCC(=O)O)ccc2c1=O. The van der Waals surface area contributed by atoms with Crippen LogP contribution in [0.15, 0.2) is 57.9 Å². The zero-order chi connectivity index (χ0) is 20.1. The highest BCUT2D eigenvalue weighted by atomic mass is 16.5. The van der Waals surface area contributed by atoms with Gasteiger partial charge in [-0.2, -0.15) is 0 Å². The lowest BCUT2D eigenvalue weighted by molar-refractivity contribution is -0.137. The van der Waals surface area contributed by atoms with E-state index in [0.717, 1.165) is 5.56 Å². The molecule has 0 atom stereocenters. The van der Waals surface area contributed by atoms with Gasteiger partial charge in [0.15, 0.2) is 0 Å². The Morgan fingerprint density at radius 3 is 2.68 bits per heavy atom. The number of carbonyl (C=O) groups is 1. The molecule has 0 aliphatic carbocycles. The van der Waals surface area contributed by atoms with Crippen LogP contribution >= 0.6 is 0 Å². The van der Waals surface area contributed by atoms with Gasteiger partial charge in [-0.25, -0.2) is 0 Å². The Balaban J connectivity index is 1.81. The summed E-state index contributed by atoms with van der Waals surface area (Å²) < 4.78 is 16.9. The summed E-state index contributed by atoms with van der Waals surface area (Å²) in [5.41, 5.74) is 1.12. The summed E-state index contributed by atoms with van der Waals surface area (Å²) in [5.74, 6) is 0.655. The van der Waals surface area contributed by atoms with Crippen LogP contribution in [-0.4, -0.2) is 17.7 Å². The lowest BCUT2D eigenvalue weighted by Gasteiger charge is -2.13. The number of hydrogen-bond acceptors (Lipinski definition) is 5. The Labute approximate surface area is 162 Å². The summed E-state index contributed by atoms with van der Waals surface area (Å²) in [4.78, 5) is 23.3. The fraction of sp³-hybridized carbons (Fsp3) is 0.273. The third-order valence-corrected chi connectivity index (χ3v) is 4.28. The van der Waals surface area contributed by atoms with Crippen molar-refractivity contribution in [3.05, 3.63) is 64.5 Å². The first-order chi connectivity index (χ1) is 13.5. The molecule has 0 amide bonds. The molecular formula is C22H22O6. The van der Waals surface area contributed by atoms with Crippen molar-refractivity contribution in [3.63, 3.8) is 0 Å². The van der Waals surface area contributed by atoms with Crippen LogP contribution in [0.25, 0.3) is 11.0 Å². The third kappa shape index (κ3) is 4.52. The second-order valence-electron chi connectivity index (χ2n) is 6.73. The van der Waals surface area contributed by atoms with Crippen molar-refractivity contribution in [1.29, 1.82) is 0 Å². The number of carboxylic acids is 1. The van der Waals surface area contributed by atoms with E-state index in [1.54, 1.807) is 18.2 Å². The van der Waals surface area contributed by atoms with Crippen molar-refractivity contribution in [3.8, 4) is 17.2 Å². The quantitative estimate of drug-likeness (QED) is 0.555. The molecule has 0 unspecified atom stereocenters. The smallest absolute Gasteiger partial charge is 0.303 e. The standard InChI is InChI=1S/C22H22O6/c1-14(2)16-6-3-4-7-18(16)28-20-13-27-19-12-15(9-10-17(19)22(20)25)26-11-5-8-21(23)24/h3-4,6-7,9-10,12-14H,5,8,11H2,1-2H3,(H,23,24). The Bertz CT molecular complexity index is 1030. The van der Waals surface area contributed by atoms with E-state index in [1.165, 1.54) is 6.26 Å². The third-order valence-electron chi connectivity index (χ3n) is 4.28. The van der Waals surface area contributed by atoms with Crippen molar-refractivity contribution in [2.75, 3.05) is 6.61 Å². The molecule has 0 fully saturated rings. The van der Waals surface area contributed by atoms with Gasteiger partial charge in [0.05, 0.1) is 12.0 Å². The maximum atomic E-state index is 12.8. The van der Waals surface area contributed by atoms with Gasteiger partial charge in [0.25, 0.3) is 0 Å². The highest BCUT2D eigenvalue weighted by Gasteiger charge is 2.13. The van der Waals surface area contributed by atoms with Crippen LogP contribution < -0.4 is 14.9 Å². The number of carboxylic acid groups (broad SMARTS) is 1. The molecule has 0 spiro atoms. The van der Waals surface area contributed by atoms with E-state index in [1.807, 2.05) is 24.3 Å². The molecule has 1 aromatic heterocycles. The fourth-order valence-electron chi connectivity index (χ4n) is 2.83. The molecule has 1 N–H and O–H groups in total. The molecule has 1 heterocycles. The minimum Gasteiger partial charge on any atom is -0.493 e. The van der Waals surface area contributed by atoms with Gasteiger partial charge in [-0.05, 0) is 36.1 Å². The maximum Gasteiger partial charge on any atom is 0.303 e. The lowest BCUT2D eigenvalue weighted by atomic mass is 10.0. The summed E-state index contributed by atoms with van der Waals surface area (Å²) in [6, 6.07) is 12.5. The van der Waals surface area contributed by atoms with Gasteiger partial charge in [-0.1, -0.05) is 32.0 Å². The average molecular weight is 382 g/mol. The number of ether oxygens (including phenoxy) is 2. The minimum absolute atomic E-state index is 0.0429. The van der Waals surface area contributed by atoms with Crippen LogP contribution in [0.1, 0.15) is 38.2 Å². The van der Waals surface area contributed by atoms with Gasteiger partial charge in [0.2, 0.25) is 11.2 Å². The number of rotatable bonds is 8. The molecule has 2 aromatic carbocycles. The first-order valence-corrected chi connectivity index (χ1v) is 9.12. The average Bonchev–Trinajstić information content (AvgIpc) is 2.67. The number of aliphatic carboxylic acids is 1. The molecule has 3 rings (SSSR count). The van der Waals surface area contributed by atoms with Gasteiger partial charge < -0.3 is 19.0 Å². The number of hydrogen-bond donors (Lipinski definition) is 1. The summed E-state index contributed by atoms with van der Waals surface area (Å²) >= 11 is 0. The lowest BCUT2D eigenvalue weighted by Crippen LogP contribution is -2.06. The highest BCUT2D eigenvalue weighted by Crippen LogP contribution is 2.30. The number of fused-ring (bicyclic) bond motifs is 1. The first-order valence-electron chi connectivity index (χ1n) is 9.12. The predicted molar refractivity (Wildman–Crippen MR) is 105 cm³/mol. The molecule has 0 aliphatic rings. The molecule has 3 aromatic rings. The first kappa shape index (κ1) is 19.5. The van der Waals surface area contributed by atoms with E-state index in [2.05, 4.69) is 13.8 Å². The summed E-state index contributed by atoms with van der Waals surface area (Å²) in [6.45, 7) is 4.39. The van der Waals surface area contributed by atoms with E-state index in [9.17, 15) is 9.59 Å². The van der Waals surface area contributed by atoms with Gasteiger partial charge in [0.1, 0.15) is 23.3 Å². The van der Waals surface area contributed by atoms with Crippen molar-refractivity contribution >= 4 is 16.9 Å². The molecule has 0 bridgehead atoms. The summed E-state index contributed by atoms with van der Waals surface area (Å²) in [7, 11) is 0. The second-order valence-corrected chi connectivity index (χ2v) is 6.73. The highest BCUT2D eigenvalue weighted by molar-refractivity contribution is 5.79. The summed E-state index contributed by atoms with van der Waals surface area (Å²) in [5, 5.41) is 9.03. The van der Waals surface area contributed by atoms with Crippen LogP contribution in [-0.2, 0) is 4.79 Å². The number of benzene rings is 2. The largest absolute Gasteiger partial charge is 0.493 e. The van der Waals surface area contributed by atoms with Crippen molar-refractivity contribution in [2.45, 2.75) is 32.6 Å². The molecular weight excluding hydrogens is 360 g/mol. The van der Waals surface area contributed by atoms with E-state index in [4.69, 9.17) is 19.0 Å². The van der Waals surface area contributed by atoms with E-state index in [0.29, 0.717) is 28.9 Å². The molecule has 28 heavy (non-hydrogen) atoms. The summed E-state index contributed by atoms with van der Waals surface area (Å²) in [6.07, 6.45) is 1.75. The normalized spacial score (nSPS) is 11.0. The Hall–Kier alpha value is -3.28. The molecule has 0 saturated heterocycles. The van der Waals surface area contributed by atoms with Gasteiger partial charge in [0, 0.05) is 12.5 Å². The molecule has 6 heteroatoms. The van der Waals surface area contributed by atoms with E-state index in [-0.39, 0.29) is 30.1 Å². The zero-order valence-electron chi connectivity index (χ0n) is 15.8. The van der Waals surface area contributed by atoms with Gasteiger partial charge in [-0.3, -0.25) is 9.59 Å². The van der Waals surface area contributed by atoms with Crippen molar-refractivity contribution in [2.24, 2.45) is 0 Å². The molecule has 146 valence electrons. The van der Waals surface area contributed by atoms with Crippen LogP contribution in [0.4, 0.5) is 0 Å². The van der Waals surface area contributed by atoms with Gasteiger partial charge >= 0.3 is 5.97 Å². The Morgan fingerprint density at radius 1 is 1.14 bits per heavy atom. The predicted octanol–water partition coefficient (Wildman–Crippen LogP) is 4.95.